The van der Waals surface area contributed by atoms with E-state index >= 15 is 0 Å². The van der Waals surface area contributed by atoms with Crippen molar-refractivity contribution in [2.75, 3.05) is 13.2 Å². The average molecular weight is 230 g/mol. The van der Waals surface area contributed by atoms with Crippen LogP contribution < -0.4 is 5.73 Å². The van der Waals surface area contributed by atoms with Gasteiger partial charge in [-0.2, -0.15) is 0 Å². The minimum atomic E-state index is -0.392. The standard InChI is InChI=1S/C11H13ClFNO/c12-10-8(2-1-3-9(10)13)6-11(14)4-5-15-7-11/h1-3H,4-7,14H2. The molecule has 1 heterocycles. The minimum absolute atomic E-state index is 0.175. The van der Waals surface area contributed by atoms with Crippen molar-refractivity contribution in [2.45, 2.75) is 18.4 Å². The van der Waals surface area contributed by atoms with Crippen LogP contribution in [0.25, 0.3) is 0 Å². The molecule has 2 rings (SSSR count). The maximum absolute atomic E-state index is 13.2. The highest BCUT2D eigenvalue weighted by Crippen LogP contribution is 2.26. The number of hydrogen-bond donors (Lipinski definition) is 1. The van der Waals surface area contributed by atoms with Crippen molar-refractivity contribution in [3.63, 3.8) is 0 Å². The van der Waals surface area contributed by atoms with Crippen LogP contribution >= 0.6 is 11.6 Å². The summed E-state index contributed by atoms with van der Waals surface area (Å²) < 4.78 is 18.4. The van der Waals surface area contributed by atoms with Gasteiger partial charge in [-0.05, 0) is 24.5 Å². The molecule has 1 fully saturated rings. The zero-order valence-corrected chi connectivity index (χ0v) is 9.06. The summed E-state index contributed by atoms with van der Waals surface area (Å²) in [6.45, 7) is 1.18. The van der Waals surface area contributed by atoms with Crippen LogP contribution in [0.1, 0.15) is 12.0 Å². The van der Waals surface area contributed by atoms with Gasteiger partial charge in [-0.1, -0.05) is 23.7 Å². The number of nitrogens with two attached hydrogens (primary N) is 1. The van der Waals surface area contributed by atoms with E-state index in [0.717, 1.165) is 12.0 Å². The molecule has 2 nitrogen and oxygen atoms in total. The van der Waals surface area contributed by atoms with Crippen molar-refractivity contribution in [1.29, 1.82) is 0 Å². The van der Waals surface area contributed by atoms with E-state index in [1.54, 1.807) is 12.1 Å². The Kier molecular flexibility index (Phi) is 2.96. The zero-order chi connectivity index (χ0) is 10.9. The van der Waals surface area contributed by atoms with Gasteiger partial charge < -0.3 is 10.5 Å². The Hall–Kier alpha value is -0.640. The molecule has 0 spiro atoms. The smallest absolute Gasteiger partial charge is 0.142 e. The molecule has 0 bridgehead atoms. The van der Waals surface area contributed by atoms with Crippen LogP contribution in [0.3, 0.4) is 0 Å². The van der Waals surface area contributed by atoms with Gasteiger partial charge in [0.2, 0.25) is 0 Å². The van der Waals surface area contributed by atoms with Gasteiger partial charge in [0.15, 0.2) is 0 Å². The lowest BCUT2D eigenvalue weighted by atomic mass is 9.91. The van der Waals surface area contributed by atoms with Gasteiger partial charge in [-0.3, -0.25) is 0 Å². The van der Waals surface area contributed by atoms with Crippen LogP contribution in [0.2, 0.25) is 5.02 Å². The Balaban J connectivity index is 2.20. The minimum Gasteiger partial charge on any atom is -0.379 e. The van der Waals surface area contributed by atoms with Crippen molar-refractivity contribution in [3.05, 3.63) is 34.6 Å². The summed E-state index contributed by atoms with van der Waals surface area (Å²) in [7, 11) is 0. The molecular formula is C11H13ClFNO. The maximum atomic E-state index is 13.2. The Bertz CT molecular complexity index is 364. The molecule has 1 aliphatic rings. The summed E-state index contributed by atoms with van der Waals surface area (Å²) in [5, 5.41) is 0.175. The molecule has 1 unspecified atom stereocenters. The van der Waals surface area contributed by atoms with E-state index in [1.165, 1.54) is 6.07 Å². The lowest BCUT2D eigenvalue weighted by Gasteiger charge is -2.22. The first-order valence-corrected chi connectivity index (χ1v) is 5.28. The van der Waals surface area contributed by atoms with E-state index in [4.69, 9.17) is 22.1 Å². The highest BCUT2D eigenvalue weighted by molar-refractivity contribution is 6.31. The molecule has 1 atom stereocenters. The van der Waals surface area contributed by atoms with E-state index in [-0.39, 0.29) is 5.02 Å². The van der Waals surface area contributed by atoms with Gasteiger partial charge in [-0.25, -0.2) is 4.39 Å². The molecule has 82 valence electrons. The third-order valence-electron chi connectivity index (χ3n) is 2.71. The molecule has 4 heteroatoms. The molecule has 2 N–H and O–H groups in total. The summed E-state index contributed by atoms with van der Waals surface area (Å²) in [6.07, 6.45) is 1.35. The molecule has 1 aromatic rings. The van der Waals surface area contributed by atoms with Gasteiger partial charge in [0, 0.05) is 12.1 Å². The summed E-state index contributed by atoms with van der Waals surface area (Å²) in [6, 6.07) is 4.80. The molecule has 1 aliphatic heterocycles. The second kappa shape index (κ2) is 4.08. The fourth-order valence-electron chi connectivity index (χ4n) is 1.83. The monoisotopic (exact) mass is 229 g/mol. The predicted octanol–water partition coefficient (Wildman–Crippen LogP) is 2.14. The fraction of sp³-hybridized carbons (Fsp3) is 0.455. The Labute approximate surface area is 93.2 Å². The number of benzene rings is 1. The fourth-order valence-corrected chi connectivity index (χ4v) is 2.02. The van der Waals surface area contributed by atoms with Crippen LogP contribution in [0.4, 0.5) is 4.39 Å². The largest absolute Gasteiger partial charge is 0.379 e. The van der Waals surface area contributed by atoms with Crippen LogP contribution in [-0.2, 0) is 11.2 Å². The molecule has 0 aliphatic carbocycles. The van der Waals surface area contributed by atoms with Gasteiger partial charge >= 0.3 is 0 Å². The van der Waals surface area contributed by atoms with E-state index in [2.05, 4.69) is 0 Å². The highest BCUT2D eigenvalue weighted by atomic mass is 35.5. The molecule has 15 heavy (non-hydrogen) atoms. The summed E-state index contributed by atoms with van der Waals surface area (Å²) in [5.74, 6) is -0.392. The SMILES string of the molecule is NC1(Cc2cccc(F)c2Cl)CCOC1. The Morgan fingerprint density at radius 3 is 3.00 bits per heavy atom. The van der Waals surface area contributed by atoms with Gasteiger partial charge in [0.05, 0.1) is 11.6 Å². The number of rotatable bonds is 2. The second-order valence-electron chi connectivity index (χ2n) is 4.05. The number of hydrogen-bond acceptors (Lipinski definition) is 2. The molecule has 0 amide bonds. The highest BCUT2D eigenvalue weighted by Gasteiger charge is 2.31. The van der Waals surface area contributed by atoms with E-state index in [9.17, 15) is 4.39 Å². The van der Waals surface area contributed by atoms with Gasteiger partial charge in [0.25, 0.3) is 0 Å². The first-order chi connectivity index (χ1) is 7.11. The van der Waals surface area contributed by atoms with Gasteiger partial charge in [0.1, 0.15) is 5.82 Å². The Morgan fingerprint density at radius 1 is 1.53 bits per heavy atom. The number of halogens is 2. The van der Waals surface area contributed by atoms with Crippen LogP contribution in [0.5, 0.6) is 0 Å². The summed E-state index contributed by atoms with van der Waals surface area (Å²) in [4.78, 5) is 0. The quantitative estimate of drug-likeness (QED) is 0.844. The van der Waals surface area contributed by atoms with Crippen molar-refractivity contribution < 1.29 is 9.13 Å². The van der Waals surface area contributed by atoms with Crippen LogP contribution in [0.15, 0.2) is 18.2 Å². The molecular weight excluding hydrogens is 217 g/mol. The van der Waals surface area contributed by atoms with E-state index in [0.29, 0.717) is 19.6 Å². The Morgan fingerprint density at radius 2 is 2.33 bits per heavy atom. The summed E-state index contributed by atoms with van der Waals surface area (Å²) >= 11 is 5.86. The molecule has 0 saturated carbocycles. The topological polar surface area (TPSA) is 35.2 Å². The molecule has 1 aromatic carbocycles. The first-order valence-electron chi connectivity index (χ1n) is 4.90. The summed E-state index contributed by atoms with van der Waals surface area (Å²) in [5.41, 5.74) is 6.47. The third-order valence-corrected chi connectivity index (χ3v) is 3.13. The molecule has 0 aromatic heterocycles. The van der Waals surface area contributed by atoms with Gasteiger partial charge in [-0.15, -0.1) is 0 Å². The normalized spacial score (nSPS) is 25.8. The first kappa shape index (κ1) is 10.9. The van der Waals surface area contributed by atoms with E-state index < -0.39 is 11.4 Å². The number of ether oxygens (including phenoxy) is 1. The molecule has 0 radical (unpaired) electrons. The van der Waals surface area contributed by atoms with Crippen molar-refractivity contribution in [2.24, 2.45) is 5.73 Å². The molecule has 1 saturated heterocycles. The third kappa shape index (κ3) is 2.30. The average Bonchev–Trinajstić information content (AvgIpc) is 2.60. The van der Waals surface area contributed by atoms with Crippen molar-refractivity contribution >= 4 is 11.6 Å². The van der Waals surface area contributed by atoms with Crippen molar-refractivity contribution in [3.8, 4) is 0 Å². The zero-order valence-electron chi connectivity index (χ0n) is 8.30. The lowest BCUT2D eigenvalue weighted by molar-refractivity contribution is 0.178. The lowest BCUT2D eigenvalue weighted by Crippen LogP contribution is -2.42. The second-order valence-corrected chi connectivity index (χ2v) is 4.43. The van der Waals surface area contributed by atoms with Crippen molar-refractivity contribution in [1.82, 2.24) is 0 Å². The van der Waals surface area contributed by atoms with Crippen LogP contribution in [-0.4, -0.2) is 18.8 Å². The van der Waals surface area contributed by atoms with Crippen LogP contribution in [0, 0.1) is 5.82 Å². The maximum Gasteiger partial charge on any atom is 0.142 e. The van der Waals surface area contributed by atoms with E-state index in [1.807, 2.05) is 0 Å². The predicted molar refractivity (Wildman–Crippen MR) is 57.5 cm³/mol.